The van der Waals surface area contributed by atoms with Crippen molar-refractivity contribution in [3.63, 3.8) is 0 Å². The maximum atomic E-state index is 11.5. The largest absolute Gasteiger partial charge is 0.366 e. The standard InChI is InChI=1S/C11H11N3O2S/c12-5-6-17-7-10(15)14-9-4-2-1-3-8(9)11(13)16/h1-4H,6-7H2,(H2,13,16)(H,14,15). The molecule has 0 radical (unpaired) electrons. The van der Waals surface area contributed by atoms with Gasteiger partial charge in [-0.2, -0.15) is 5.26 Å². The average Bonchev–Trinajstić information content (AvgIpc) is 2.29. The summed E-state index contributed by atoms with van der Waals surface area (Å²) < 4.78 is 0. The van der Waals surface area contributed by atoms with Crippen molar-refractivity contribution < 1.29 is 9.59 Å². The van der Waals surface area contributed by atoms with E-state index in [-0.39, 0.29) is 23.0 Å². The predicted molar refractivity (Wildman–Crippen MR) is 66.5 cm³/mol. The molecule has 0 unspecified atom stereocenters. The van der Waals surface area contributed by atoms with E-state index in [0.29, 0.717) is 5.69 Å². The van der Waals surface area contributed by atoms with E-state index in [2.05, 4.69) is 5.32 Å². The van der Waals surface area contributed by atoms with Gasteiger partial charge >= 0.3 is 0 Å². The van der Waals surface area contributed by atoms with E-state index in [9.17, 15) is 9.59 Å². The lowest BCUT2D eigenvalue weighted by Crippen LogP contribution is -2.19. The van der Waals surface area contributed by atoms with Crippen molar-refractivity contribution in [3.05, 3.63) is 29.8 Å². The Labute approximate surface area is 103 Å². The van der Waals surface area contributed by atoms with Crippen molar-refractivity contribution in [2.75, 3.05) is 16.8 Å². The summed E-state index contributed by atoms with van der Waals surface area (Å²) in [6, 6.07) is 8.44. The zero-order valence-electron chi connectivity index (χ0n) is 8.97. The van der Waals surface area contributed by atoms with E-state index in [4.69, 9.17) is 11.0 Å². The third-order valence-electron chi connectivity index (χ3n) is 1.87. The van der Waals surface area contributed by atoms with Crippen LogP contribution in [0.5, 0.6) is 0 Å². The Hall–Kier alpha value is -2.00. The quantitative estimate of drug-likeness (QED) is 0.760. The van der Waals surface area contributed by atoms with Crippen molar-refractivity contribution in [3.8, 4) is 6.07 Å². The van der Waals surface area contributed by atoms with E-state index in [1.807, 2.05) is 6.07 Å². The highest BCUT2D eigenvalue weighted by Gasteiger charge is 2.09. The monoisotopic (exact) mass is 249 g/mol. The number of amides is 2. The first-order valence-corrected chi connectivity index (χ1v) is 5.94. The van der Waals surface area contributed by atoms with Crippen LogP contribution < -0.4 is 11.1 Å². The second-order valence-electron chi connectivity index (χ2n) is 3.11. The molecule has 0 atom stereocenters. The van der Waals surface area contributed by atoms with Gasteiger partial charge in [0.2, 0.25) is 5.91 Å². The summed E-state index contributed by atoms with van der Waals surface area (Å²) in [5.74, 6) is -0.435. The highest BCUT2D eigenvalue weighted by molar-refractivity contribution is 8.00. The molecular weight excluding hydrogens is 238 g/mol. The van der Waals surface area contributed by atoms with Gasteiger partial charge in [-0.25, -0.2) is 0 Å². The van der Waals surface area contributed by atoms with E-state index in [1.54, 1.807) is 24.3 Å². The number of primary amides is 1. The number of carbonyl (C=O) groups excluding carboxylic acids is 2. The Kier molecular flexibility index (Phi) is 5.04. The fourth-order valence-electron chi connectivity index (χ4n) is 1.18. The SMILES string of the molecule is N#CCSCC(=O)Nc1ccccc1C(N)=O. The van der Waals surface area contributed by atoms with E-state index < -0.39 is 5.91 Å². The van der Waals surface area contributed by atoms with Crippen molar-refractivity contribution in [1.82, 2.24) is 0 Å². The first kappa shape index (κ1) is 13.1. The van der Waals surface area contributed by atoms with Gasteiger partial charge in [-0.1, -0.05) is 12.1 Å². The van der Waals surface area contributed by atoms with Crippen LogP contribution in [0.1, 0.15) is 10.4 Å². The highest BCUT2D eigenvalue weighted by Crippen LogP contribution is 2.14. The van der Waals surface area contributed by atoms with Crippen LogP contribution in [-0.2, 0) is 4.79 Å². The van der Waals surface area contributed by atoms with Crippen molar-refractivity contribution >= 4 is 29.3 Å². The van der Waals surface area contributed by atoms with Crippen LogP contribution in [0.4, 0.5) is 5.69 Å². The molecule has 1 aromatic rings. The lowest BCUT2D eigenvalue weighted by atomic mass is 10.1. The van der Waals surface area contributed by atoms with Gasteiger partial charge in [-0.15, -0.1) is 11.8 Å². The van der Waals surface area contributed by atoms with Gasteiger partial charge in [-0.3, -0.25) is 9.59 Å². The molecule has 0 saturated carbocycles. The van der Waals surface area contributed by atoms with Crippen LogP contribution in [0.15, 0.2) is 24.3 Å². The Bertz CT molecular complexity index is 468. The molecule has 0 aliphatic rings. The van der Waals surface area contributed by atoms with Gasteiger partial charge in [0.15, 0.2) is 0 Å². The Morgan fingerprint density at radius 2 is 2.12 bits per heavy atom. The molecule has 17 heavy (non-hydrogen) atoms. The van der Waals surface area contributed by atoms with E-state index >= 15 is 0 Å². The summed E-state index contributed by atoms with van der Waals surface area (Å²) in [4.78, 5) is 22.6. The Morgan fingerprint density at radius 1 is 1.41 bits per heavy atom. The molecule has 6 heteroatoms. The molecule has 5 nitrogen and oxygen atoms in total. The van der Waals surface area contributed by atoms with Crippen LogP contribution in [0.2, 0.25) is 0 Å². The number of anilines is 1. The number of thioether (sulfide) groups is 1. The van der Waals surface area contributed by atoms with Gasteiger partial charge in [-0.05, 0) is 12.1 Å². The first-order chi connectivity index (χ1) is 8.15. The van der Waals surface area contributed by atoms with Crippen molar-refractivity contribution in [2.24, 2.45) is 5.73 Å². The van der Waals surface area contributed by atoms with Gasteiger partial charge < -0.3 is 11.1 Å². The minimum absolute atomic E-state index is 0.167. The number of nitrogens with zero attached hydrogens (tertiary/aromatic N) is 1. The molecule has 0 aliphatic heterocycles. The molecule has 0 bridgehead atoms. The topological polar surface area (TPSA) is 96.0 Å². The Morgan fingerprint density at radius 3 is 2.76 bits per heavy atom. The van der Waals surface area contributed by atoms with Crippen molar-refractivity contribution in [1.29, 1.82) is 5.26 Å². The molecule has 3 N–H and O–H groups in total. The van der Waals surface area contributed by atoms with Gasteiger partial charge in [0.25, 0.3) is 5.91 Å². The average molecular weight is 249 g/mol. The number of rotatable bonds is 5. The summed E-state index contributed by atoms with van der Waals surface area (Å²) in [5, 5.41) is 10.9. The smallest absolute Gasteiger partial charge is 0.250 e. The number of nitriles is 1. The van der Waals surface area contributed by atoms with Crippen LogP contribution in [0.25, 0.3) is 0 Å². The number of hydrogen-bond donors (Lipinski definition) is 2. The molecule has 1 aromatic carbocycles. The van der Waals surface area contributed by atoms with Gasteiger partial charge in [0, 0.05) is 0 Å². The molecule has 2 amide bonds. The number of nitrogens with two attached hydrogens (primary N) is 1. The molecule has 0 spiro atoms. The number of para-hydroxylation sites is 1. The molecular formula is C11H11N3O2S. The third-order valence-corrected chi connectivity index (χ3v) is 2.67. The van der Waals surface area contributed by atoms with Gasteiger partial charge in [0.05, 0.1) is 28.8 Å². The molecule has 88 valence electrons. The van der Waals surface area contributed by atoms with E-state index in [0.717, 1.165) is 0 Å². The molecule has 1 rings (SSSR count). The molecule has 0 fully saturated rings. The lowest BCUT2D eigenvalue weighted by molar-refractivity contribution is -0.113. The summed E-state index contributed by atoms with van der Waals surface area (Å²) in [6.45, 7) is 0. The number of hydrogen-bond acceptors (Lipinski definition) is 4. The maximum absolute atomic E-state index is 11.5. The van der Waals surface area contributed by atoms with E-state index in [1.165, 1.54) is 11.8 Å². The number of carbonyl (C=O) groups is 2. The maximum Gasteiger partial charge on any atom is 0.250 e. The Balaban J connectivity index is 2.65. The predicted octanol–water partition coefficient (Wildman–Crippen LogP) is 0.981. The second kappa shape index (κ2) is 6.55. The summed E-state index contributed by atoms with van der Waals surface area (Å²) >= 11 is 1.21. The highest BCUT2D eigenvalue weighted by atomic mass is 32.2. The number of benzene rings is 1. The lowest BCUT2D eigenvalue weighted by Gasteiger charge is -2.07. The normalized spacial score (nSPS) is 9.35. The molecule has 0 heterocycles. The zero-order valence-corrected chi connectivity index (χ0v) is 9.79. The van der Waals surface area contributed by atoms with Crippen LogP contribution in [-0.4, -0.2) is 23.3 Å². The first-order valence-electron chi connectivity index (χ1n) is 4.78. The van der Waals surface area contributed by atoms with Crippen LogP contribution in [0.3, 0.4) is 0 Å². The molecule has 0 saturated heterocycles. The van der Waals surface area contributed by atoms with Crippen LogP contribution >= 0.6 is 11.8 Å². The summed E-state index contributed by atoms with van der Waals surface area (Å²) in [7, 11) is 0. The van der Waals surface area contributed by atoms with Crippen molar-refractivity contribution in [2.45, 2.75) is 0 Å². The zero-order chi connectivity index (χ0) is 12.7. The molecule has 0 aromatic heterocycles. The third kappa shape index (κ3) is 4.17. The van der Waals surface area contributed by atoms with Gasteiger partial charge in [0.1, 0.15) is 0 Å². The minimum atomic E-state index is -0.592. The fourth-order valence-corrected chi connectivity index (χ4v) is 1.63. The van der Waals surface area contributed by atoms with Crippen LogP contribution in [0, 0.1) is 11.3 Å². The summed E-state index contributed by atoms with van der Waals surface area (Å²) in [5.41, 5.74) is 5.83. The fraction of sp³-hybridized carbons (Fsp3) is 0.182. The number of nitrogens with one attached hydrogen (secondary N) is 1. The summed E-state index contributed by atoms with van der Waals surface area (Å²) in [6.07, 6.45) is 0. The second-order valence-corrected chi connectivity index (χ2v) is 4.09. The minimum Gasteiger partial charge on any atom is -0.366 e. The molecule has 0 aliphatic carbocycles.